The number of fused-ring (bicyclic) bond motifs is 2. The van der Waals surface area contributed by atoms with Gasteiger partial charge in [-0.3, -0.25) is 20.4 Å². The smallest absolute Gasteiger partial charge is 0.215 e. The van der Waals surface area contributed by atoms with Crippen LogP contribution in [0.4, 0.5) is 22.7 Å². The van der Waals surface area contributed by atoms with Crippen molar-refractivity contribution in [3.8, 4) is 0 Å². The van der Waals surface area contributed by atoms with Crippen molar-refractivity contribution in [2.24, 2.45) is 10.2 Å². The van der Waals surface area contributed by atoms with Crippen LogP contribution in [0.25, 0.3) is 12.2 Å². The summed E-state index contributed by atoms with van der Waals surface area (Å²) in [7, 11) is -10.2. The number of nitrogens with one attached hydrogen (secondary N) is 3. The Kier molecular flexibility index (Phi) is 8.13. The third kappa shape index (κ3) is 6.63. The van der Waals surface area contributed by atoms with Gasteiger partial charge in [-0.15, -0.1) is 0 Å². The second-order valence-corrected chi connectivity index (χ2v) is 12.9. The van der Waals surface area contributed by atoms with Crippen LogP contribution in [0, 0.1) is 0 Å². The van der Waals surface area contributed by atoms with E-state index in [-0.39, 0.29) is 22.3 Å². The van der Waals surface area contributed by atoms with Gasteiger partial charge in [-0.05, 0) is 83.9 Å². The fraction of sp³-hybridized carbons (Fsp3) is 0. The van der Waals surface area contributed by atoms with E-state index in [9.17, 15) is 35.5 Å². The van der Waals surface area contributed by atoms with Gasteiger partial charge >= 0.3 is 0 Å². The molecular weight excluding hydrogens is 647 g/mol. The quantitative estimate of drug-likeness (QED) is 0.176. The lowest BCUT2D eigenvalue weighted by Gasteiger charge is -2.21. The number of benzene rings is 4. The van der Waals surface area contributed by atoms with Crippen LogP contribution >= 0.6 is 0 Å². The van der Waals surface area contributed by atoms with Crippen LogP contribution in [0.1, 0.15) is 31.8 Å². The van der Waals surface area contributed by atoms with Crippen molar-refractivity contribution in [1.29, 1.82) is 0 Å². The molecule has 6 rings (SSSR count). The fourth-order valence-corrected chi connectivity index (χ4v) is 6.15. The summed E-state index contributed by atoms with van der Waals surface area (Å²) < 4.78 is 72.8. The number of hydrazone groups is 2. The van der Waals surface area contributed by atoms with E-state index in [1.54, 1.807) is 60.7 Å². The first-order chi connectivity index (χ1) is 22.4. The molecule has 4 aromatic carbocycles. The Morgan fingerprint density at radius 3 is 1.26 bits per heavy atom. The molecule has 13 nitrogen and oxygen atoms in total. The highest BCUT2D eigenvalue weighted by atomic mass is 32.2. The Morgan fingerprint density at radius 1 is 0.511 bits per heavy atom. The van der Waals surface area contributed by atoms with Crippen molar-refractivity contribution in [3.63, 3.8) is 0 Å². The minimum Gasteiger partial charge on any atom is -0.744 e. The zero-order valence-corrected chi connectivity index (χ0v) is 25.5. The summed E-state index contributed by atoms with van der Waals surface area (Å²) in [6.07, 6.45) is 2.11. The Hall–Kier alpha value is -5.74. The molecule has 236 valence electrons. The fourth-order valence-electron chi connectivity index (χ4n) is 4.86. The number of rotatable bonds is 8. The monoisotopic (exact) mass is 667 g/mol. The highest BCUT2D eigenvalue weighted by Gasteiger charge is 2.31. The van der Waals surface area contributed by atoms with E-state index in [4.69, 9.17) is 0 Å². The van der Waals surface area contributed by atoms with E-state index in [0.29, 0.717) is 22.7 Å². The molecule has 2 aliphatic rings. The third-order valence-corrected chi connectivity index (χ3v) is 8.73. The van der Waals surface area contributed by atoms with Crippen LogP contribution < -0.4 is 16.2 Å². The van der Waals surface area contributed by atoms with Gasteiger partial charge in [0.05, 0.1) is 21.2 Å². The van der Waals surface area contributed by atoms with E-state index < -0.39 is 53.0 Å². The molecule has 0 bridgehead atoms. The summed E-state index contributed by atoms with van der Waals surface area (Å²) in [4.78, 5) is 24.9. The van der Waals surface area contributed by atoms with Gasteiger partial charge in [0.1, 0.15) is 31.7 Å². The van der Waals surface area contributed by atoms with Crippen LogP contribution in [-0.4, -0.2) is 48.9 Å². The number of hydrogen-bond acceptors (Lipinski definition) is 13. The van der Waals surface area contributed by atoms with Crippen molar-refractivity contribution in [2.45, 2.75) is 0 Å². The van der Waals surface area contributed by atoms with E-state index in [1.807, 2.05) is 0 Å². The van der Waals surface area contributed by atoms with Crippen LogP contribution in [0.5, 0.6) is 0 Å². The van der Waals surface area contributed by atoms with Gasteiger partial charge in [0.15, 0.2) is 0 Å². The Morgan fingerprint density at radius 2 is 0.894 bits per heavy atom. The summed E-state index contributed by atoms with van der Waals surface area (Å²) in [5.74, 6) is -1.56. The largest absolute Gasteiger partial charge is 0.744 e. The van der Waals surface area contributed by atoms with Crippen molar-refractivity contribution in [3.05, 3.63) is 129 Å². The predicted octanol–water partition coefficient (Wildman–Crippen LogP) is 4.53. The first-order valence-corrected chi connectivity index (χ1v) is 16.5. The van der Waals surface area contributed by atoms with Crippen LogP contribution in [0.2, 0.25) is 0 Å². The van der Waals surface area contributed by atoms with Gasteiger partial charge in [-0.2, -0.15) is 10.2 Å². The van der Waals surface area contributed by atoms with Gasteiger partial charge in [0.25, 0.3) is 0 Å². The van der Waals surface area contributed by atoms with E-state index in [1.165, 1.54) is 36.4 Å². The molecule has 0 atom stereocenters. The van der Waals surface area contributed by atoms with E-state index in [2.05, 4.69) is 26.4 Å². The average molecular weight is 668 g/mol. The first kappa shape index (κ1) is 31.3. The maximum atomic E-state index is 13.3. The molecule has 0 fully saturated rings. The standard InChI is InChI=1S/C32H23N5O8S2/c38-31-25-13-11-23(15-19(25)17-27(46(40,41)42)29(31)36-34-21-7-3-1-4-8-21)33-24-12-14-26-20(16-24)18-28(47(43,44)45)30(32(26)39)37-35-22-9-5-2-6-10-22/h1-18,33-35H,(H,40,41,42)(H,43,44,45)/p-2. The van der Waals surface area contributed by atoms with Gasteiger partial charge < -0.3 is 14.4 Å². The number of hydrogen-bond donors (Lipinski definition) is 3. The lowest BCUT2D eigenvalue weighted by atomic mass is 9.93. The number of allylic oxidation sites excluding steroid dienone is 2. The molecule has 0 unspecified atom stereocenters. The van der Waals surface area contributed by atoms with E-state index >= 15 is 0 Å². The molecule has 0 aliphatic heterocycles. The number of para-hydroxylation sites is 2. The van der Waals surface area contributed by atoms with Crippen LogP contribution in [0.15, 0.2) is 117 Å². The SMILES string of the molecule is O=C1C(=NNc2ccccc2)C(S(=O)(=O)[O-])=Cc2cc(Nc3ccc4c(c3)C=C(S(=O)(=O)[O-])C(=NNc3ccccc3)C4=O)ccc21. The summed E-state index contributed by atoms with van der Waals surface area (Å²) in [5.41, 5.74) is 6.17. The minimum atomic E-state index is -5.11. The Bertz CT molecular complexity index is 2140. The second kappa shape index (κ2) is 12.2. The van der Waals surface area contributed by atoms with Crippen molar-refractivity contribution >= 4 is 78.1 Å². The number of ketones is 2. The summed E-state index contributed by atoms with van der Waals surface area (Å²) in [6.45, 7) is 0. The Balaban J connectivity index is 1.31. The molecule has 0 saturated carbocycles. The molecule has 0 heterocycles. The Labute approximate surface area is 268 Å². The van der Waals surface area contributed by atoms with Crippen molar-refractivity contribution in [1.82, 2.24) is 0 Å². The molecule has 0 amide bonds. The van der Waals surface area contributed by atoms with Crippen molar-refractivity contribution in [2.75, 3.05) is 16.2 Å². The number of carbonyl (C=O) groups excluding carboxylic acids is 2. The summed E-state index contributed by atoms with van der Waals surface area (Å²) in [6, 6.07) is 25.7. The maximum absolute atomic E-state index is 13.3. The topological polar surface area (TPSA) is 209 Å². The molecule has 3 N–H and O–H groups in total. The zero-order chi connectivity index (χ0) is 33.3. The lowest BCUT2D eigenvalue weighted by molar-refractivity contribution is 0.105. The van der Waals surface area contributed by atoms with Gasteiger partial charge in [0, 0.05) is 22.5 Å². The molecule has 0 saturated heterocycles. The summed E-state index contributed by atoms with van der Waals surface area (Å²) >= 11 is 0. The predicted molar refractivity (Wildman–Crippen MR) is 175 cm³/mol. The highest BCUT2D eigenvalue weighted by molar-refractivity contribution is 7.91. The summed E-state index contributed by atoms with van der Waals surface area (Å²) in [5, 5.41) is 10.9. The molecule has 15 heteroatoms. The van der Waals surface area contributed by atoms with Gasteiger partial charge in [0.2, 0.25) is 11.6 Å². The normalized spacial score (nSPS) is 16.2. The second-order valence-electron chi connectivity index (χ2n) is 10.2. The molecule has 0 radical (unpaired) electrons. The number of carbonyl (C=O) groups is 2. The first-order valence-electron chi connectivity index (χ1n) is 13.7. The van der Waals surface area contributed by atoms with Crippen LogP contribution in [-0.2, 0) is 20.2 Å². The minimum absolute atomic E-state index is 0.0942. The zero-order valence-electron chi connectivity index (χ0n) is 23.9. The molecule has 4 aromatic rings. The third-order valence-electron chi connectivity index (χ3n) is 7.03. The molecule has 0 spiro atoms. The maximum Gasteiger partial charge on any atom is 0.215 e. The lowest BCUT2D eigenvalue weighted by Crippen LogP contribution is -2.27. The molecule has 47 heavy (non-hydrogen) atoms. The number of Topliss-reactive ketones (excluding diaryl/α,β-unsaturated/α-hetero) is 2. The molecule has 2 aliphatic carbocycles. The molecule has 0 aromatic heterocycles. The van der Waals surface area contributed by atoms with Gasteiger partial charge in [-0.25, -0.2) is 16.8 Å². The average Bonchev–Trinajstić information content (AvgIpc) is 3.03. The van der Waals surface area contributed by atoms with Crippen molar-refractivity contribution < 1.29 is 35.5 Å². The number of anilines is 4. The van der Waals surface area contributed by atoms with E-state index in [0.717, 1.165) is 12.2 Å². The van der Waals surface area contributed by atoms with Gasteiger partial charge in [-0.1, -0.05) is 36.4 Å². The number of nitrogens with zero attached hydrogens (tertiary/aromatic N) is 2. The molecular formula is C32H21N5O8S2-2. The van der Waals surface area contributed by atoms with Crippen LogP contribution in [0.3, 0.4) is 0 Å². The highest BCUT2D eigenvalue weighted by Crippen LogP contribution is 2.32.